The number of amides is 2. The smallest absolute Gasteiger partial charge is 0.433 e. The molecule has 9 heteroatoms. The van der Waals surface area contributed by atoms with Crippen molar-refractivity contribution < 1.29 is 23.6 Å². The summed E-state index contributed by atoms with van der Waals surface area (Å²) in [5.41, 5.74) is 1.51. The quantitative estimate of drug-likeness (QED) is 0.729. The lowest BCUT2D eigenvalue weighted by molar-refractivity contribution is -0.111. The van der Waals surface area contributed by atoms with E-state index in [9.17, 15) is 14.9 Å². The van der Waals surface area contributed by atoms with Gasteiger partial charge in [-0.05, 0) is 55.4 Å². The third-order valence-electron chi connectivity index (χ3n) is 5.06. The summed E-state index contributed by atoms with van der Waals surface area (Å²) in [5.74, 6) is 0.432. The van der Waals surface area contributed by atoms with Gasteiger partial charge in [-0.3, -0.25) is 9.63 Å². The van der Waals surface area contributed by atoms with Crippen molar-refractivity contribution in [2.75, 3.05) is 25.1 Å². The van der Waals surface area contributed by atoms with Gasteiger partial charge in [-0.15, -0.1) is 11.3 Å². The molecule has 0 radical (unpaired) electrons. The van der Waals surface area contributed by atoms with E-state index >= 15 is 0 Å². The van der Waals surface area contributed by atoms with Crippen LogP contribution in [0.15, 0.2) is 28.9 Å². The number of ether oxygens (including phenoxy) is 1. The number of nitriles is 1. The van der Waals surface area contributed by atoms with Gasteiger partial charge in [0.2, 0.25) is 5.91 Å². The van der Waals surface area contributed by atoms with E-state index in [4.69, 9.17) is 14.0 Å². The van der Waals surface area contributed by atoms with Gasteiger partial charge in [0.05, 0.1) is 31.6 Å². The number of hydrogen-bond acceptors (Lipinski definition) is 7. The van der Waals surface area contributed by atoms with Gasteiger partial charge in [0, 0.05) is 11.0 Å². The highest BCUT2D eigenvalue weighted by Crippen LogP contribution is 2.39. The summed E-state index contributed by atoms with van der Waals surface area (Å²) in [6, 6.07) is 5.71. The second-order valence-electron chi connectivity index (χ2n) is 7.13. The molecule has 0 saturated carbocycles. The van der Waals surface area contributed by atoms with Crippen LogP contribution in [0.1, 0.15) is 34.6 Å². The Labute approximate surface area is 177 Å². The Bertz CT molecular complexity index is 983. The summed E-state index contributed by atoms with van der Waals surface area (Å²) in [6.45, 7) is 1.41. The van der Waals surface area contributed by atoms with E-state index < -0.39 is 6.09 Å². The standard InChI is InChI=1S/C21H21N3O5S/c22-12-17-16-6-4-14(13-28-21(26)24-8-2-10-29-24)11-18(16)30-20(17)23-19(25)7-5-15-3-1-9-27-15/h1,3,5,7,9,14H,2,4,6,8,10-11,13H2,(H,23,25). The van der Waals surface area contributed by atoms with Gasteiger partial charge >= 0.3 is 6.09 Å². The van der Waals surface area contributed by atoms with Crippen LogP contribution in [-0.4, -0.2) is 36.8 Å². The molecule has 0 spiro atoms. The number of hydrogen-bond donors (Lipinski definition) is 1. The third kappa shape index (κ3) is 4.56. The maximum absolute atomic E-state index is 12.2. The number of thiophene rings is 1. The number of carbonyl (C=O) groups excluding carboxylic acids is 2. The largest absolute Gasteiger partial charge is 0.465 e. The molecule has 1 fully saturated rings. The first-order chi connectivity index (χ1) is 14.6. The Morgan fingerprint density at radius 3 is 3.10 bits per heavy atom. The molecular weight excluding hydrogens is 406 g/mol. The Morgan fingerprint density at radius 1 is 1.47 bits per heavy atom. The summed E-state index contributed by atoms with van der Waals surface area (Å²) in [4.78, 5) is 30.5. The molecule has 8 nitrogen and oxygen atoms in total. The average molecular weight is 427 g/mol. The van der Waals surface area contributed by atoms with Crippen molar-refractivity contribution in [1.82, 2.24) is 5.06 Å². The van der Waals surface area contributed by atoms with Gasteiger partial charge in [-0.2, -0.15) is 10.3 Å². The SMILES string of the molecule is N#Cc1c(NC(=O)C=Cc2ccco2)sc2c1CCC(COC(=O)N1CCCO1)C2. The molecule has 1 N–H and O–H groups in total. The number of hydroxylamine groups is 2. The highest BCUT2D eigenvalue weighted by atomic mass is 32.1. The topological polar surface area (TPSA) is 105 Å². The number of anilines is 1. The molecule has 3 heterocycles. The van der Waals surface area contributed by atoms with Crippen LogP contribution in [0.3, 0.4) is 0 Å². The van der Waals surface area contributed by atoms with E-state index in [-0.39, 0.29) is 11.8 Å². The Hall–Kier alpha value is -3.09. The van der Waals surface area contributed by atoms with Gasteiger partial charge in [0.25, 0.3) is 0 Å². The van der Waals surface area contributed by atoms with E-state index in [1.54, 1.807) is 18.2 Å². The zero-order chi connectivity index (χ0) is 20.9. The fourth-order valence-electron chi connectivity index (χ4n) is 3.55. The van der Waals surface area contributed by atoms with Crippen molar-refractivity contribution in [2.24, 2.45) is 5.92 Å². The first-order valence-corrected chi connectivity index (χ1v) is 10.6. The number of nitrogens with one attached hydrogen (secondary N) is 1. The zero-order valence-corrected chi connectivity index (χ0v) is 17.1. The Balaban J connectivity index is 1.37. The van der Waals surface area contributed by atoms with E-state index in [0.29, 0.717) is 42.5 Å². The minimum atomic E-state index is -0.446. The van der Waals surface area contributed by atoms with Crippen LogP contribution in [0.25, 0.3) is 6.08 Å². The Morgan fingerprint density at radius 2 is 2.37 bits per heavy atom. The number of rotatable bonds is 5. The fourth-order valence-corrected chi connectivity index (χ4v) is 4.87. The second-order valence-corrected chi connectivity index (χ2v) is 8.24. The molecular formula is C21H21N3O5S. The minimum Gasteiger partial charge on any atom is -0.465 e. The molecule has 1 aliphatic heterocycles. The Kier molecular flexibility index (Phi) is 6.16. The van der Waals surface area contributed by atoms with Crippen molar-refractivity contribution in [3.05, 3.63) is 46.2 Å². The molecule has 2 aliphatic rings. The lowest BCUT2D eigenvalue weighted by atomic mass is 9.88. The van der Waals surface area contributed by atoms with E-state index in [0.717, 1.165) is 29.7 Å². The molecule has 0 bridgehead atoms. The number of furan rings is 1. The molecule has 2 aromatic heterocycles. The van der Waals surface area contributed by atoms with Crippen LogP contribution in [0.5, 0.6) is 0 Å². The highest BCUT2D eigenvalue weighted by Gasteiger charge is 2.28. The summed E-state index contributed by atoms with van der Waals surface area (Å²) in [6.07, 6.45) is 7.10. The molecule has 1 saturated heterocycles. The van der Waals surface area contributed by atoms with Crippen molar-refractivity contribution in [3.63, 3.8) is 0 Å². The van der Waals surface area contributed by atoms with Crippen LogP contribution in [0, 0.1) is 17.2 Å². The normalized spacial score (nSPS) is 18.2. The van der Waals surface area contributed by atoms with Crippen LogP contribution >= 0.6 is 11.3 Å². The summed E-state index contributed by atoms with van der Waals surface area (Å²) >= 11 is 1.41. The van der Waals surface area contributed by atoms with Gasteiger partial charge < -0.3 is 14.5 Å². The lowest BCUT2D eigenvalue weighted by Crippen LogP contribution is -2.30. The number of nitrogens with zero attached hydrogens (tertiary/aromatic N) is 2. The molecule has 1 aliphatic carbocycles. The fraction of sp³-hybridized carbons (Fsp3) is 0.381. The summed E-state index contributed by atoms with van der Waals surface area (Å²) in [5, 5.41) is 14.2. The second kappa shape index (κ2) is 9.15. The van der Waals surface area contributed by atoms with Crippen LogP contribution < -0.4 is 5.32 Å². The maximum atomic E-state index is 12.2. The average Bonchev–Trinajstić information content (AvgIpc) is 3.51. The van der Waals surface area contributed by atoms with Crippen LogP contribution in [0.2, 0.25) is 0 Å². The maximum Gasteiger partial charge on any atom is 0.433 e. The number of fused-ring (bicyclic) bond motifs is 1. The number of carbonyl (C=O) groups is 2. The molecule has 2 aromatic rings. The highest BCUT2D eigenvalue weighted by molar-refractivity contribution is 7.16. The van der Waals surface area contributed by atoms with Gasteiger partial charge in [0.15, 0.2) is 0 Å². The first-order valence-electron chi connectivity index (χ1n) is 9.78. The molecule has 1 atom stereocenters. The van der Waals surface area contributed by atoms with Gasteiger partial charge in [-0.1, -0.05) is 0 Å². The minimum absolute atomic E-state index is 0.177. The van der Waals surface area contributed by atoms with Crippen molar-refractivity contribution in [2.45, 2.75) is 25.7 Å². The molecule has 2 amide bonds. The molecule has 156 valence electrons. The van der Waals surface area contributed by atoms with Crippen LogP contribution in [-0.2, 0) is 27.2 Å². The molecule has 30 heavy (non-hydrogen) atoms. The van der Waals surface area contributed by atoms with Crippen molar-refractivity contribution >= 4 is 34.4 Å². The van der Waals surface area contributed by atoms with E-state index in [1.165, 1.54) is 28.7 Å². The predicted octanol–water partition coefficient (Wildman–Crippen LogP) is 3.74. The first kappa shape index (κ1) is 20.2. The van der Waals surface area contributed by atoms with Crippen molar-refractivity contribution in [1.29, 1.82) is 5.26 Å². The van der Waals surface area contributed by atoms with Gasteiger partial charge in [-0.25, -0.2) is 4.79 Å². The van der Waals surface area contributed by atoms with Gasteiger partial charge in [0.1, 0.15) is 16.8 Å². The van der Waals surface area contributed by atoms with Crippen LogP contribution in [0.4, 0.5) is 9.80 Å². The van der Waals surface area contributed by atoms with Crippen molar-refractivity contribution in [3.8, 4) is 6.07 Å². The monoisotopic (exact) mass is 427 g/mol. The molecule has 1 unspecified atom stereocenters. The van der Waals surface area contributed by atoms with E-state index in [1.807, 2.05) is 0 Å². The molecule has 0 aromatic carbocycles. The third-order valence-corrected chi connectivity index (χ3v) is 6.23. The zero-order valence-electron chi connectivity index (χ0n) is 16.3. The summed E-state index contributed by atoms with van der Waals surface area (Å²) < 4.78 is 10.6. The summed E-state index contributed by atoms with van der Waals surface area (Å²) in [7, 11) is 0. The predicted molar refractivity (Wildman–Crippen MR) is 110 cm³/mol. The molecule has 4 rings (SSSR count). The lowest BCUT2D eigenvalue weighted by Gasteiger charge is -2.23. The van der Waals surface area contributed by atoms with E-state index in [2.05, 4.69) is 11.4 Å².